The molecular formula is C17H21NO4. The topological polar surface area (TPSA) is 66.8 Å². The number of nitrogens with zero attached hydrogens (tertiary/aromatic N) is 1. The summed E-state index contributed by atoms with van der Waals surface area (Å²) in [5.74, 6) is -0.946. The quantitative estimate of drug-likeness (QED) is 0.865. The summed E-state index contributed by atoms with van der Waals surface area (Å²) in [6.07, 6.45) is 1.61. The van der Waals surface area contributed by atoms with Crippen molar-refractivity contribution in [2.75, 3.05) is 6.54 Å². The van der Waals surface area contributed by atoms with Gasteiger partial charge in [-0.05, 0) is 50.8 Å². The number of carbonyl (C=O) groups is 2. The highest BCUT2D eigenvalue weighted by Crippen LogP contribution is 2.53. The largest absolute Gasteiger partial charge is 0.478 e. The number of rotatable bonds is 1. The molecule has 3 rings (SSSR count). The fourth-order valence-corrected chi connectivity index (χ4v) is 3.19. The molecule has 2 aliphatic rings. The lowest BCUT2D eigenvalue weighted by Crippen LogP contribution is -2.44. The van der Waals surface area contributed by atoms with Crippen LogP contribution >= 0.6 is 0 Å². The van der Waals surface area contributed by atoms with Crippen LogP contribution in [-0.4, -0.2) is 34.2 Å². The zero-order valence-corrected chi connectivity index (χ0v) is 13.2. The molecule has 0 atom stereocenters. The van der Waals surface area contributed by atoms with Gasteiger partial charge in [-0.2, -0.15) is 0 Å². The monoisotopic (exact) mass is 303 g/mol. The molecule has 1 spiro atoms. The first-order valence-corrected chi connectivity index (χ1v) is 7.55. The van der Waals surface area contributed by atoms with Crippen molar-refractivity contribution >= 4 is 12.1 Å². The predicted molar refractivity (Wildman–Crippen MR) is 81.0 cm³/mol. The van der Waals surface area contributed by atoms with Crippen molar-refractivity contribution < 1.29 is 19.4 Å². The van der Waals surface area contributed by atoms with E-state index in [0.717, 1.165) is 24.0 Å². The molecule has 1 heterocycles. The standard InChI is InChI=1S/C17H21NO4/c1-16(2,3)22-15(21)18-9-12-11(14(19)20)5-4-6-13(12)17(10-18)7-8-17/h4-6H,7-10H2,1-3H3,(H,19,20). The van der Waals surface area contributed by atoms with Gasteiger partial charge in [0, 0.05) is 12.0 Å². The molecule has 0 saturated heterocycles. The molecule has 1 N–H and O–H groups in total. The van der Waals surface area contributed by atoms with Gasteiger partial charge in [-0.15, -0.1) is 0 Å². The fourth-order valence-electron chi connectivity index (χ4n) is 3.19. The molecule has 1 saturated carbocycles. The molecular weight excluding hydrogens is 282 g/mol. The molecule has 0 unspecified atom stereocenters. The molecule has 5 nitrogen and oxygen atoms in total. The second-order valence-corrected chi connectivity index (χ2v) is 7.25. The minimum absolute atomic E-state index is 0.0735. The van der Waals surface area contributed by atoms with E-state index < -0.39 is 11.6 Å². The number of carbonyl (C=O) groups excluding carboxylic acids is 1. The number of ether oxygens (including phenoxy) is 1. The second-order valence-electron chi connectivity index (χ2n) is 7.25. The maximum absolute atomic E-state index is 12.4. The zero-order valence-electron chi connectivity index (χ0n) is 13.2. The minimum atomic E-state index is -0.946. The maximum atomic E-state index is 12.4. The molecule has 22 heavy (non-hydrogen) atoms. The first-order valence-electron chi connectivity index (χ1n) is 7.55. The Bertz CT molecular complexity index is 641. The molecule has 1 aliphatic carbocycles. The predicted octanol–water partition coefficient (Wildman–Crippen LogP) is 3.17. The number of fused-ring (bicyclic) bond motifs is 2. The number of hydrogen-bond acceptors (Lipinski definition) is 3. The number of carboxylic acids is 1. The fraction of sp³-hybridized carbons (Fsp3) is 0.529. The summed E-state index contributed by atoms with van der Waals surface area (Å²) in [5.41, 5.74) is 1.50. The smallest absolute Gasteiger partial charge is 0.410 e. The Labute approximate surface area is 129 Å². The van der Waals surface area contributed by atoms with Gasteiger partial charge < -0.3 is 14.7 Å². The van der Waals surface area contributed by atoms with Crippen LogP contribution in [0.4, 0.5) is 4.79 Å². The average molecular weight is 303 g/mol. The van der Waals surface area contributed by atoms with E-state index in [1.165, 1.54) is 0 Å². The summed E-state index contributed by atoms with van der Waals surface area (Å²) < 4.78 is 5.45. The van der Waals surface area contributed by atoms with Crippen LogP contribution in [0.5, 0.6) is 0 Å². The van der Waals surface area contributed by atoms with Gasteiger partial charge in [0.15, 0.2) is 0 Å². The van der Waals surface area contributed by atoms with Gasteiger partial charge in [0.25, 0.3) is 0 Å². The summed E-state index contributed by atoms with van der Waals surface area (Å²) in [7, 11) is 0. The molecule has 1 amide bonds. The van der Waals surface area contributed by atoms with E-state index in [4.69, 9.17) is 4.74 Å². The van der Waals surface area contributed by atoms with E-state index in [-0.39, 0.29) is 17.1 Å². The van der Waals surface area contributed by atoms with Crippen LogP contribution in [0.1, 0.15) is 55.1 Å². The summed E-state index contributed by atoms with van der Waals surface area (Å²) >= 11 is 0. The highest BCUT2D eigenvalue weighted by molar-refractivity contribution is 5.90. The van der Waals surface area contributed by atoms with Crippen LogP contribution in [0, 0.1) is 0 Å². The Morgan fingerprint density at radius 3 is 2.50 bits per heavy atom. The van der Waals surface area contributed by atoms with Crippen molar-refractivity contribution in [1.29, 1.82) is 0 Å². The van der Waals surface area contributed by atoms with Gasteiger partial charge in [-0.3, -0.25) is 0 Å². The van der Waals surface area contributed by atoms with Crippen molar-refractivity contribution in [3.8, 4) is 0 Å². The number of hydrogen-bond donors (Lipinski definition) is 1. The number of amides is 1. The maximum Gasteiger partial charge on any atom is 0.410 e. The Kier molecular flexibility index (Phi) is 3.20. The normalized spacial score (nSPS) is 18.8. The van der Waals surface area contributed by atoms with E-state index in [1.807, 2.05) is 26.8 Å². The molecule has 0 bridgehead atoms. The highest BCUT2D eigenvalue weighted by atomic mass is 16.6. The molecule has 0 aromatic heterocycles. The average Bonchev–Trinajstić information content (AvgIpc) is 3.16. The molecule has 118 valence electrons. The minimum Gasteiger partial charge on any atom is -0.478 e. The third kappa shape index (κ3) is 2.56. The van der Waals surface area contributed by atoms with Crippen LogP contribution < -0.4 is 0 Å². The van der Waals surface area contributed by atoms with Gasteiger partial charge in [0.1, 0.15) is 5.60 Å². The summed E-state index contributed by atoms with van der Waals surface area (Å²) in [6.45, 7) is 6.40. The first kappa shape index (κ1) is 14.9. The molecule has 0 radical (unpaired) electrons. The summed E-state index contributed by atoms with van der Waals surface area (Å²) in [5, 5.41) is 9.41. The van der Waals surface area contributed by atoms with Crippen LogP contribution in [0.25, 0.3) is 0 Å². The van der Waals surface area contributed by atoms with Crippen molar-refractivity contribution in [1.82, 2.24) is 4.90 Å². The third-order valence-corrected chi connectivity index (χ3v) is 4.33. The second kappa shape index (κ2) is 4.73. The Morgan fingerprint density at radius 1 is 1.27 bits per heavy atom. The number of carboxylic acid groups (broad SMARTS) is 1. The zero-order chi connectivity index (χ0) is 16.1. The lowest BCUT2D eigenvalue weighted by atomic mass is 9.84. The van der Waals surface area contributed by atoms with Crippen LogP contribution in [0.2, 0.25) is 0 Å². The molecule has 1 aromatic rings. The van der Waals surface area contributed by atoms with E-state index >= 15 is 0 Å². The van der Waals surface area contributed by atoms with Gasteiger partial charge in [-0.1, -0.05) is 12.1 Å². The van der Waals surface area contributed by atoms with Crippen LogP contribution in [-0.2, 0) is 16.7 Å². The van der Waals surface area contributed by atoms with Crippen molar-refractivity contribution in [3.63, 3.8) is 0 Å². The molecule has 1 aromatic carbocycles. The van der Waals surface area contributed by atoms with Gasteiger partial charge in [0.05, 0.1) is 12.1 Å². The molecule has 1 aliphatic heterocycles. The number of benzene rings is 1. The number of aromatic carboxylic acids is 1. The lowest BCUT2D eigenvalue weighted by Gasteiger charge is -2.36. The van der Waals surface area contributed by atoms with E-state index in [1.54, 1.807) is 17.0 Å². The lowest BCUT2D eigenvalue weighted by molar-refractivity contribution is 0.0194. The Morgan fingerprint density at radius 2 is 1.95 bits per heavy atom. The van der Waals surface area contributed by atoms with Gasteiger partial charge in [0.2, 0.25) is 0 Å². The summed E-state index contributed by atoms with van der Waals surface area (Å²) in [6, 6.07) is 5.41. The summed E-state index contributed by atoms with van der Waals surface area (Å²) in [4.78, 5) is 25.5. The Hall–Kier alpha value is -2.04. The Balaban J connectivity index is 1.95. The van der Waals surface area contributed by atoms with E-state index in [2.05, 4.69) is 0 Å². The molecule has 5 heteroatoms. The third-order valence-electron chi connectivity index (χ3n) is 4.33. The van der Waals surface area contributed by atoms with Gasteiger partial charge in [-0.25, -0.2) is 9.59 Å². The van der Waals surface area contributed by atoms with Crippen LogP contribution in [0.15, 0.2) is 18.2 Å². The van der Waals surface area contributed by atoms with Crippen molar-refractivity contribution in [3.05, 3.63) is 34.9 Å². The van der Waals surface area contributed by atoms with E-state index in [0.29, 0.717) is 13.1 Å². The SMILES string of the molecule is CC(C)(C)OC(=O)N1Cc2c(C(=O)O)cccc2C2(CC2)C1. The highest BCUT2D eigenvalue weighted by Gasteiger charge is 2.51. The van der Waals surface area contributed by atoms with E-state index in [9.17, 15) is 14.7 Å². The van der Waals surface area contributed by atoms with Crippen molar-refractivity contribution in [2.45, 2.75) is 51.2 Å². The van der Waals surface area contributed by atoms with Crippen molar-refractivity contribution in [2.24, 2.45) is 0 Å². The first-order chi connectivity index (χ1) is 10.2. The van der Waals surface area contributed by atoms with Crippen LogP contribution in [0.3, 0.4) is 0 Å². The van der Waals surface area contributed by atoms with Gasteiger partial charge >= 0.3 is 12.1 Å². The molecule has 1 fully saturated rings.